The van der Waals surface area contributed by atoms with E-state index in [2.05, 4.69) is 20.3 Å². The average molecular weight is 393 g/mol. The van der Waals surface area contributed by atoms with E-state index in [4.69, 9.17) is 21.1 Å². The number of fused-ring (bicyclic) bond motifs is 1. The van der Waals surface area contributed by atoms with Crippen LogP contribution in [0.25, 0.3) is 11.0 Å². The zero-order chi connectivity index (χ0) is 19.8. The van der Waals surface area contributed by atoms with Crippen molar-refractivity contribution in [2.24, 2.45) is 0 Å². The number of carbonyl (C=O) groups is 2. The van der Waals surface area contributed by atoms with Gasteiger partial charge in [-0.15, -0.1) is 0 Å². The van der Waals surface area contributed by atoms with E-state index in [1.165, 1.54) is 13.3 Å². The molecular formula is C18H21ClN4O4. The fraction of sp³-hybridized carbons (Fsp3) is 0.444. The Labute approximate surface area is 162 Å². The highest BCUT2D eigenvalue weighted by molar-refractivity contribution is 6.33. The van der Waals surface area contributed by atoms with Gasteiger partial charge in [0.1, 0.15) is 30.0 Å². The number of H-pyrrole nitrogens is 1. The summed E-state index contributed by atoms with van der Waals surface area (Å²) < 4.78 is 10.6. The second-order valence-electron chi connectivity index (χ2n) is 7.26. The molecule has 0 unspecified atom stereocenters. The first-order valence-corrected chi connectivity index (χ1v) is 8.85. The molecule has 0 saturated carbocycles. The van der Waals surface area contributed by atoms with Crippen molar-refractivity contribution in [3.63, 3.8) is 0 Å². The van der Waals surface area contributed by atoms with E-state index in [9.17, 15) is 9.59 Å². The number of nitrogens with zero attached hydrogens (tertiary/aromatic N) is 2. The summed E-state index contributed by atoms with van der Waals surface area (Å²) in [4.78, 5) is 35.1. The van der Waals surface area contributed by atoms with Gasteiger partial charge in [0.2, 0.25) is 0 Å². The van der Waals surface area contributed by atoms with Crippen molar-refractivity contribution in [1.82, 2.24) is 20.3 Å². The quantitative estimate of drug-likeness (QED) is 0.607. The molecule has 0 amide bonds. The van der Waals surface area contributed by atoms with E-state index in [0.717, 1.165) is 5.56 Å². The third-order valence-corrected chi connectivity index (χ3v) is 4.26. The summed E-state index contributed by atoms with van der Waals surface area (Å²) in [6, 6.07) is -0.816. The van der Waals surface area contributed by atoms with E-state index in [1.807, 2.05) is 0 Å². The molecule has 2 aromatic rings. The molecule has 2 aromatic heterocycles. The van der Waals surface area contributed by atoms with Crippen LogP contribution in [0.5, 0.6) is 0 Å². The molecule has 2 atom stereocenters. The summed E-state index contributed by atoms with van der Waals surface area (Å²) in [5.41, 5.74) is 1.44. The van der Waals surface area contributed by atoms with E-state index in [-0.39, 0.29) is 12.6 Å². The van der Waals surface area contributed by atoms with Gasteiger partial charge in [0, 0.05) is 31.1 Å². The molecule has 1 aliphatic rings. The monoisotopic (exact) mass is 392 g/mol. The van der Waals surface area contributed by atoms with Crippen molar-refractivity contribution in [1.29, 1.82) is 0 Å². The molecule has 0 spiro atoms. The minimum Gasteiger partial charge on any atom is -0.464 e. The second-order valence-corrected chi connectivity index (χ2v) is 7.61. The summed E-state index contributed by atoms with van der Waals surface area (Å²) in [6.45, 7) is 6.73. The lowest BCUT2D eigenvalue weighted by Crippen LogP contribution is -2.38. The van der Waals surface area contributed by atoms with Crippen LogP contribution < -0.4 is 5.32 Å². The highest BCUT2D eigenvalue weighted by atomic mass is 35.5. The maximum Gasteiger partial charge on any atom is 0.315 e. The maximum atomic E-state index is 12.6. The van der Waals surface area contributed by atoms with Gasteiger partial charge in [0.15, 0.2) is 5.15 Å². The van der Waals surface area contributed by atoms with Crippen LogP contribution in [0.15, 0.2) is 12.5 Å². The van der Waals surface area contributed by atoms with Crippen LogP contribution in [0.1, 0.15) is 39.3 Å². The molecule has 3 rings (SSSR count). The molecule has 9 heteroatoms. The summed E-state index contributed by atoms with van der Waals surface area (Å²) in [6.07, 6.45) is 4.91. The zero-order valence-electron chi connectivity index (χ0n) is 15.5. The second kappa shape index (κ2) is 7.44. The first-order valence-electron chi connectivity index (χ1n) is 8.47. The number of rotatable bonds is 4. The zero-order valence-corrected chi connectivity index (χ0v) is 16.3. The Kier molecular flexibility index (Phi) is 5.39. The summed E-state index contributed by atoms with van der Waals surface area (Å²) >= 11 is 6.09. The van der Waals surface area contributed by atoms with Crippen molar-refractivity contribution in [2.75, 3.05) is 6.61 Å². The fourth-order valence-corrected chi connectivity index (χ4v) is 3.07. The summed E-state index contributed by atoms with van der Waals surface area (Å²) in [5, 5.41) is 3.60. The predicted molar refractivity (Wildman–Crippen MR) is 98.6 cm³/mol. The number of halogens is 1. The van der Waals surface area contributed by atoms with Gasteiger partial charge >= 0.3 is 11.9 Å². The van der Waals surface area contributed by atoms with Gasteiger partial charge in [0.05, 0.1) is 11.6 Å². The van der Waals surface area contributed by atoms with Crippen molar-refractivity contribution in [3.05, 3.63) is 35.6 Å². The van der Waals surface area contributed by atoms with E-state index >= 15 is 0 Å². The molecule has 0 aliphatic carbocycles. The van der Waals surface area contributed by atoms with Gasteiger partial charge in [-0.3, -0.25) is 9.59 Å². The van der Waals surface area contributed by atoms with Crippen LogP contribution in [0, 0.1) is 12.3 Å². The Hall–Kier alpha value is -2.19. The highest BCUT2D eigenvalue weighted by Crippen LogP contribution is 2.36. The van der Waals surface area contributed by atoms with Gasteiger partial charge in [-0.1, -0.05) is 11.6 Å². The number of hydrogen-bond donors (Lipinski definition) is 2. The Bertz CT molecular complexity index is 861. The molecule has 2 radical (unpaired) electrons. The third-order valence-electron chi connectivity index (χ3n) is 3.97. The molecular weight excluding hydrogens is 372 g/mol. The van der Waals surface area contributed by atoms with Crippen molar-refractivity contribution in [2.45, 2.75) is 45.4 Å². The number of aromatic amines is 1. The molecule has 1 aliphatic heterocycles. The van der Waals surface area contributed by atoms with Crippen molar-refractivity contribution in [3.8, 4) is 0 Å². The number of aromatic nitrogens is 3. The molecule has 0 bridgehead atoms. The maximum absolute atomic E-state index is 12.6. The van der Waals surface area contributed by atoms with Gasteiger partial charge < -0.3 is 19.8 Å². The molecule has 1 saturated heterocycles. The lowest BCUT2D eigenvalue weighted by molar-refractivity contribution is -0.153. The molecule has 2 N–H and O–H groups in total. The fourth-order valence-electron chi connectivity index (χ4n) is 2.88. The average Bonchev–Trinajstić information content (AvgIpc) is 3.15. The molecule has 27 heavy (non-hydrogen) atoms. The lowest BCUT2D eigenvalue weighted by Gasteiger charge is -2.24. The van der Waals surface area contributed by atoms with Crippen LogP contribution in [0.3, 0.4) is 0 Å². The van der Waals surface area contributed by atoms with E-state index < -0.39 is 23.6 Å². The van der Waals surface area contributed by atoms with Crippen LogP contribution >= 0.6 is 11.6 Å². The van der Waals surface area contributed by atoms with Gasteiger partial charge in [0.25, 0.3) is 0 Å². The Morgan fingerprint density at radius 3 is 2.70 bits per heavy atom. The molecule has 0 aromatic carbocycles. The number of carbonyl (C=O) groups excluding carboxylic acids is 2. The van der Waals surface area contributed by atoms with E-state index in [1.54, 1.807) is 33.4 Å². The number of hydrogen-bond acceptors (Lipinski definition) is 7. The number of ether oxygens (including phenoxy) is 2. The summed E-state index contributed by atoms with van der Waals surface area (Å²) in [7, 11) is 0. The minimum atomic E-state index is -0.635. The largest absolute Gasteiger partial charge is 0.464 e. The Morgan fingerprint density at radius 1 is 1.30 bits per heavy atom. The van der Waals surface area contributed by atoms with Gasteiger partial charge in [-0.25, -0.2) is 9.97 Å². The SMILES string of the molecule is CC(=O)OC[C@@H]1N[C@H](c2c[nH]c3c(Cl)ncnc23)[CH][C]1C(=O)OC(C)(C)C. The third kappa shape index (κ3) is 4.39. The van der Waals surface area contributed by atoms with Crippen LogP contribution in [0.2, 0.25) is 5.15 Å². The van der Waals surface area contributed by atoms with Crippen LogP contribution in [-0.4, -0.2) is 45.1 Å². The standard InChI is InChI=1S/C18H21ClN4O4/c1-9(24)26-7-13-10(17(25)27-18(2,3)4)5-12(23-13)11-6-20-15-14(11)21-8-22-16(15)19/h5-6,8,12-13,20,23H,7H2,1-4H3/t12-,13-/m0/s1. The van der Waals surface area contributed by atoms with Crippen LogP contribution in [0.4, 0.5) is 0 Å². The Balaban J connectivity index is 1.86. The Morgan fingerprint density at radius 2 is 2.04 bits per heavy atom. The number of nitrogens with one attached hydrogen (secondary N) is 2. The smallest absolute Gasteiger partial charge is 0.315 e. The highest BCUT2D eigenvalue weighted by Gasteiger charge is 2.43. The van der Waals surface area contributed by atoms with Crippen molar-refractivity contribution < 1.29 is 19.1 Å². The van der Waals surface area contributed by atoms with Crippen LogP contribution in [-0.2, 0) is 19.1 Å². The molecule has 8 nitrogen and oxygen atoms in total. The van der Waals surface area contributed by atoms with Gasteiger partial charge in [-0.05, 0) is 20.8 Å². The lowest BCUT2D eigenvalue weighted by atomic mass is 9.97. The molecule has 3 heterocycles. The minimum absolute atomic E-state index is 0.0228. The molecule has 1 fully saturated rings. The first-order chi connectivity index (χ1) is 12.7. The van der Waals surface area contributed by atoms with Gasteiger partial charge in [-0.2, -0.15) is 0 Å². The van der Waals surface area contributed by atoms with Crippen molar-refractivity contribution >= 4 is 34.6 Å². The summed E-state index contributed by atoms with van der Waals surface area (Å²) in [5.74, 6) is -0.469. The molecule has 144 valence electrons. The predicted octanol–water partition coefficient (Wildman–Crippen LogP) is 2.31. The normalized spacial score (nSPS) is 20.8. The number of esters is 2. The van der Waals surface area contributed by atoms with E-state index in [0.29, 0.717) is 22.1 Å². The first kappa shape index (κ1) is 19.6. The topological polar surface area (TPSA) is 106 Å².